The van der Waals surface area contributed by atoms with E-state index in [4.69, 9.17) is 4.74 Å². The van der Waals surface area contributed by atoms with Crippen LogP contribution in [0.4, 0.5) is 0 Å². The Hall–Kier alpha value is -4.10. The van der Waals surface area contributed by atoms with E-state index in [1.807, 2.05) is 12.1 Å². The highest BCUT2D eigenvalue weighted by molar-refractivity contribution is 5.87. The van der Waals surface area contributed by atoms with Gasteiger partial charge in [-0.3, -0.25) is 0 Å². The Balaban J connectivity index is 1.29. The fourth-order valence-electron chi connectivity index (χ4n) is 6.76. The molecule has 0 amide bonds. The minimum Gasteiger partial charge on any atom is -0.497 e. The maximum atomic E-state index is 5.35. The Labute approximate surface area is 225 Å². The van der Waals surface area contributed by atoms with E-state index >= 15 is 0 Å². The van der Waals surface area contributed by atoms with E-state index in [0.29, 0.717) is 0 Å². The Morgan fingerprint density at radius 3 is 1.32 bits per heavy atom. The second kappa shape index (κ2) is 7.95. The molecule has 1 heteroatoms. The standard InChI is InChI=1S/C37H32O/c1-36(2)32-9-7-6-8-28(32)29-18-13-25(21-33(29)36)26-14-19-31-30-17-12-24(23-10-15-27(38-5)16-11-23)20-34(30)37(3,4)35(31)22-26/h6-22H,1-5H3. The molecule has 186 valence electrons. The summed E-state index contributed by atoms with van der Waals surface area (Å²) in [5, 5.41) is 0. The lowest BCUT2D eigenvalue weighted by Gasteiger charge is -2.23. The summed E-state index contributed by atoms with van der Waals surface area (Å²) in [6, 6.07) is 38.3. The van der Waals surface area contributed by atoms with Gasteiger partial charge in [0, 0.05) is 10.8 Å². The maximum absolute atomic E-state index is 5.35. The van der Waals surface area contributed by atoms with Gasteiger partial charge < -0.3 is 4.74 Å². The molecular weight excluding hydrogens is 460 g/mol. The largest absolute Gasteiger partial charge is 0.497 e. The van der Waals surface area contributed by atoms with Crippen LogP contribution < -0.4 is 4.74 Å². The Kier molecular flexibility index (Phi) is 4.82. The number of hydrogen-bond acceptors (Lipinski definition) is 1. The molecule has 0 aromatic heterocycles. The van der Waals surface area contributed by atoms with E-state index in [9.17, 15) is 0 Å². The van der Waals surface area contributed by atoms with Crippen molar-refractivity contribution in [1.29, 1.82) is 0 Å². The highest BCUT2D eigenvalue weighted by Gasteiger charge is 2.37. The van der Waals surface area contributed by atoms with Crippen LogP contribution >= 0.6 is 0 Å². The van der Waals surface area contributed by atoms with Gasteiger partial charge in [0.25, 0.3) is 0 Å². The zero-order valence-electron chi connectivity index (χ0n) is 22.7. The van der Waals surface area contributed by atoms with Crippen LogP contribution in [0, 0.1) is 0 Å². The molecule has 7 rings (SSSR count). The van der Waals surface area contributed by atoms with Crippen LogP contribution in [0.5, 0.6) is 5.75 Å². The number of methoxy groups -OCH3 is 1. The SMILES string of the molecule is COc1ccc(-c2ccc3c(c2)C(C)(C)c2cc(-c4ccc5c(c4)C(C)(C)c4ccccc4-5)ccc2-3)cc1. The second-order valence-electron chi connectivity index (χ2n) is 11.8. The average molecular weight is 493 g/mol. The molecule has 0 heterocycles. The van der Waals surface area contributed by atoms with E-state index in [2.05, 4.69) is 119 Å². The molecule has 0 fully saturated rings. The molecule has 0 saturated heterocycles. The monoisotopic (exact) mass is 492 g/mol. The molecule has 0 radical (unpaired) electrons. The molecule has 5 aromatic rings. The highest BCUT2D eigenvalue weighted by Crippen LogP contribution is 2.52. The Morgan fingerprint density at radius 1 is 0.421 bits per heavy atom. The third kappa shape index (κ3) is 3.18. The highest BCUT2D eigenvalue weighted by atomic mass is 16.5. The van der Waals surface area contributed by atoms with E-state index in [1.165, 1.54) is 66.8 Å². The summed E-state index contributed by atoms with van der Waals surface area (Å²) in [6.07, 6.45) is 0. The van der Waals surface area contributed by atoms with Crippen LogP contribution in [-0.2, 0) is 10.8 Å². The van der Waals surface area contributed by atoms with Crippen LogP contribution in [0.2, 0.25) is 0 Å². The Bertz CT molecular complexity index is 1730. The summed E-state index contributed by atoms with van der Waals surface area (Å²) in [5.74, 6) is 0.883. The summed E-state index contributed by atoms with van der Waals surface area (Å²) < 4.78 is 5.35. The molecule has 0 spiro atoms. The van der Waals surface area contributed by atoms with E-state index in [-0.39, 0.29) is 10.8 Å². The molecule has 0 N–H and O–H groups in total. The smallest absolute Gasteiger partial charge is 0.118 e. The molecule has 0 atom stereocenters. The van der Waals surface area contributed by atoms with Crippen molar-refractivity contribution in [2.24, 2.45) is 0 Å². The summed E-state index contributed by atoms with van der Waals surface area (Å²) in [5.41, 5.74) is 16.0. The van der Waals surface area contributed by atoms with Gasteiger partial charge in [-0.15, -0.1) is 0 Å². The molecule has 1 nitrogen and oxygen atoms in total. The zero-order valence-corrected chi connectivity index (χ0v) is 22.7. The first-order valence-corrected chi connectivity index (χ1v) is 13.5. The summed E-state index contributed by atoms with van der Waals surface area (Å²) >= 11 is 0. The lowest BCUT2D eigenvalue weighted by Crippen LogP contribution is -2.15. The first kappa shape index (κ1) is 23.0. The molecule has 38 heavy (non-hydrogen) atoms. The summed E-state index contributed by atoms with van der Waals surface area (Å²) in [7, 11) is 1.71. The Morgan fingerprint density at radius 2 is 0.816 bits per heavy atom. The van der Waals surface area contributed by atoms with Crippen molar-refractivity contribution in [2.75, 3.05) is 7.11 Å². The minimum atomic E-state index is -0.0740. The summed E-state index contributed by atoms with van der Waals surface area (Å²) in [4.78, 5) is 0. The van der Waals surface area contributed by atoms with E-state index in [0.717, 1.165) is 5.75 Å². The van der Waals surface area contributed by atoms with Crippen LogP contribution in [0.3, 0.4) is 0 Å². The first-order valence-electron chi connectivity index (χ1n) is 13.5. The molecular formula is C37H32O. The number of ether oxygens (including phenoxy) is 1. The minimum absolute atomic E-state index is 0.00598. The van der Waals surface area contributed by atoms with Gasteiger partial charge in [0.1, 0.15) is 5.75 Å². The fraction of sp³-hybridized carbons (Fsp3) is 0.189. The number of hydrogen-bond donors (Lipinski definition) is 0. The fourth-order valence-corrected chi connectivity index (χ4v) is 6.76. The summed E-state index contributed by atoms with van der Waals surface area (Å²) in [6.45, 7) is 9.43. The topological polar surface area (TPSA) is 9.23 Å². The normalized spacial score (nSPS) is 15.4. The van der Waals surface area contributed by atoms with Crippen molar-refractivity contribution in [2.45, 2.75) is 38.5 Å². The molecule has 0 aliphatic heterocycles. The number of fused-ring (bicyclic) bond motifs is 6. The molecule has 0 unspecified atom stereocenters. The third-order valence-corrected chi connectivity index (χ3v) is 9.02. The van der Waals surface area contributed by atoms with E-state index < -0.39 is 0 Å². The molecule has 5 aromatic carbocycles. The maximum Gasteiger partial charge on any atom is 0.118 e. The number of benzene rings is 5. The van der Waals surface area contributed by atoms with Crippen molar-refractivity contribution in [1.82, 2.24) is 0 Å². The van der Waals surface area contributed by atoms with Gasteiger partial charge in [-0.25, -0.2) is 0 Å². The second-order valence-corrected chi connectivity index (χ2v) is 11.8. The van der Waals surface area contributed by atoms with Crippen LogP contribution in [0.15, 0.2) is 103 Å². The van der Waals surface area contributed by atoms with Gasteiger partial charge in [0.05, 0.1) is 7.11 Å². The lowest BCUT2D eigenvalue weighted by molar-refractivity contribution is 0.415. The van der Waals surface area contributed by atoms with Gasteiger partial charge in [-0.1, -0.05) is 100 Å². The van der Waals surface area contributed by atoms with Crippen LogP contribution in [-0.4, -0.2) is 7.11 Å². The van der Waals surface area contributed by atoms with Crippen LogP contribution in [0.1, 0.15) is 49.9 Å². The molecule has 2 aliphatic rings. The molecule has 2 aliphatic carbocycles. The molecule has 0 bridgehead atoms. The lowest BCUT2D eigenvalue weighted by atomic mass is 9.80. The van der Waals surface area contributed by atoms with Gasteiger partial charge >= 0.3 is 0 Å². The van der Waals surface area contributed by atoms with Gasteiger partial charge in [0.2, 0.25) is 0 Å². The first-order chi connectivity index (χ1) is 18.3. The van der Waals surface area contributed by atoms with E-state index in [1.54, 1.807) is 7.11 Å². The quantitative estimate of drug-likeness (QED) is 0.244. The van der Waals surface area contributed by atoms with Gasteiger partial charge in [-0.05, 0) is 97.1 Å². The van der Waals surface area contributed by atoms with Gasteiger partial charge in [0.15, 0.2) is 0 Å². The zero-order chi connectivity index (χ0) is 26.2. The van der Waals surface area contributed by atoms with Crippen molar-refractivity contribution in [3.8, 4) is 50.3 Å². The van der Waals surface area contributed by atoms with Gasteiger partial charge in [-0.2, -0.15) is 0 Å². The third-order valence-electron chi connectivity index (χ3n) is 9.02. The number of rotatable bonds is 3. The predicted molar refractivity (Wildman–Crippen MR) is 159 cm³/mol. The van der Waals surface area contributed by atoms with Crippen molar-refractivity contribution >= 4 is 0 Å². The van der Waals surface area contributed by atoms with Crippen molar-refractivity contribution in [3.63, 3.8) is 0 Å². The van der Waals surface area contributed by atoms with Crippen molar-refractivity contribution < 1.29 is 4.74 Å². The average Bonchev–Trinajstić information content (AvgIpc) is 3.32. The molecule has 0 saturated carbocycles. The van der Waals surface area contributed by atoms with Crippen molar-refractivity contribution in [3.05, 3.63) is 125 Å². The van der Waals surface area contributed by atoms with Crippen LogP contribution in [0.25, 0.3) is 44.5 Å². The predicted octanol–water partition coefficient (Wildman–Crippen LogP) is 9.64.